The van der Waals surface area contributed by atoms with Gasteiger partial charge in [0.15, 0.2) is 0 Å². The number of aromatic nitrogens is 4. The summed E-state index contributed by atoms with van der Waals surface area (Å²) in [5.41, 5.74) is 1.64. The molecule has 8 nitrogen and oxygen atoms in total. The van der Waals surface area contributed by atoms with Crippen molar-refractivity contribution in [1.82, 2.24) is 19.9 Å². The first kappa shape index (κ1) is 32.4. The average Bonchev–Trinajstić information content (AvgIpc) is 2.75. The van der Waals surface area contributed by atoms with Crippen molar-refractivity contribution in [3.8, 4) is 11.9 Å². The molecule has 2 aromatic rings. The van der Waals surface area contributed by atoms with Crippen LogP contribution >= 0.6 is 23.2 Å². The van der Waals surface area contributed by atoms with Gasteiger partial charge in [0.05, 0.1) is 13.2 Å². The van der Waals surface area contributed by atoms with E-state index in [1.807, 2.05) is 33.8 Å². The fourth-order valence-corrected chi connectivity index (χ4v) is 2.05. The first-order valence-corrected chi connectivity index (χ1v) is 11.5. The molecule has 0 spiro atoms. The van der Waals surface area contributed by atoms with Crippen molar-refractivity contribution in [3.05, 3.63) is 34.0 Å². The molecule has 2 heterocycles. The van der Waals surface area contributed by atoms with E-state index >= 15 is 0 Å². The molecule has 10 heteroatoms. The van der Waals surface area contributed by atoms with Gasteiger partial charge in [-0.15, -0.1) is 0 Å². The summed E-state index contributed by atoms with van der Waals surface area (Å²) >= 11 is 11.0. The maximum Gasteiger partial charge on any atom is 0.319 e. The molecular weight excluding hydrogens is 455 g/mol. The monoisotopic (exact) mass is 492 g/mol. The highest BCUT2D eigenvalue weighted by Gasteiger charge is 2.03. The molecule has 184 valence electrons. The molecule has 0 amide bonds. The fourth-order valence-electron chi connectivity index (χ4n) is 1.55. The normalized spacial score (nSPS) is 9.31. The Hall–Kier alpha value is -1.74. The summed E-state index contributed by atoms with van der Waals surface area (Å²) in [6.07, 6.45) is 3.66. The molecule has 0 saturated carbocycles. The van der Waals surface area contributed by atoms with E-state index in [-0.39, 0.29) is 5.28 Å². The van der Waals surface area contributed by atoms with Crippen LogP contribution in [-0.4, -0.2) is 56.6 Å². The Balaban J connectivity index is 0. The molecule has 0 radical (unpaired) electrons. The molecule has 0 fully saturated rings. The number of hydrogen-bond acceptors (Lipinski definition) is 8. The number of halogens is 2. The van der Waals surface area contributed by atoms with Crippen LogP contribution in [0.15, 0.2) is 12.1 Å². The lowest BCUT2D eigenvalue weighted by molar-refractivity contribution is 0.269. The van der Waals surface area contributed by atoms with Crippen molar-refractivity contribution >= 4 is 23.2 Å². The van der Waals surface area contributed by atoms with Gasteiger partial charge in [-0.05, 0) is 57.2 Å². The topological polar surface area (TPSA) is 110 Å². The molecular formula is C22H38Cl2N4O4. The lowest BCUT2D eigenvalue weighted by Gasteiger charge is -2.07. The predicted molar refractivity (Wildman–Crippen MR) is 130 cm³/mol. The average molecular weight is 493 g/mol. The van der Waals surface area contributed by atoms with Gasteiger partial charge in [0, 0.05) is 30.7 Å². The second-order valence-corrected chi connectivity index (χ2v) is 7.10. The van der Waals surface area contributed by atoms with E-state index < -0.39 is 0 Å². The van der Waals surface area contributed by atoms with Crippen LogP contribution in [0.5, 0.6) is 11.9 Å². The molecule has 0 aliphatic carbocycles. The minimum absolute atomic E-state index is 0.194. The second kappa shape index (κ2) is 22.5. The Labute approximate surface area is 202 Å². The van der Waals surface area contributed by atoms with Crippen molar-refractivity contribution in [2.24, 2.45) is 0 Å². The van der Waals surface area contributed by atoms with E-state index in [1.165, 1.54) is 0 Å². The summed E-state index contributed by atoms with van der Waals surface area (Å²) < 4.78 is 10.8. The van der Waals surface area contributed by atoms with Crippen LogP contribution in [0.1, 0.15) is 64.8 Å². The molecule has 0 aliphatic rings. The second-order valence-electron chi connectivity index (χ2n) is 6.38. The maximum atomic E-state index is 7.88. The standard InChI is InChI=1S/C11H18N2O2.C5H4Cl2N2.2C3H8O/c1-4-6-14-10-8-9(3)12-11(13-10)15-7-5-2;1-3-2-4(6)9-5(7)8-3;2*1-2-3-4/h8H,4-7H2,1-3H3;2H,1H3;2*4H,2-3H2,1H3. The van der Waals surface area contributed by atoms with Crippen LogP contribution in [0.25, 0.3) is 0 Å². The number of aliphatic hydroxyl groups excluding tert-OH is 2. The number of rotatable bonds is 8. The van der Waals surface area contributed by atoms with Crippen molar-refractivity contribution in [2.75, 3.05) is 26.4 Å². The Bertz CT molecular complexity index is 625. The minimum Gasteiger partial charge on any atom is -0.478 e. The lowest BCUT2D eigenvalue weighted by atomic mass is 10.4. The summed E-state index contributed by atoms with van der Waals surface area (Å²) in [4.78, 5) is 15.8. The molecule has 2 N–H and O–H groups in total. The Morgan fingerprint density at radius 2 is 1.22 bits per heavy atom. The van der Waals surface area contributed by atoms with Gasteiger partial charge in [0.1, 0.15) is 5.15 Å². The third kappa shape index (κ3) is 20.2. The largest absolute Gasteiger partial charge is 0.478 e. The van der Waals surface area contributed by atoms with Gasteiger partial charge < -0.3 is 19.7 Å². The van der Waals surface area contributed by atoms with Crippen molar-refractivity contribution < 1.29 is 19.7 Å². The van der Waals surface area contributed by atoms with Gasteiger partial charge in [-0.3, -0.25) is 0 Å². The first-order valence-electron chi connectivity index (χ1n) is 10.8. The zero-order valence-electron chi connectivity index (χ0n) is 20.1. The molecule has 0 atom stereocenters. The number of aryl methyl sites for hydroxylation is 2. The van der Waals surface area contributed by atoms with Crippen LogP contribution in [0.2, 0.25) is 10.4 Å². The van der Waals surface area contributed by atoms with Crippen LogP contribution < -0.4 is 9.47 Å². The number of ether oxygens (including phenoxy) is 2. The highest BCUT2D eigenvalue weighted by molar-refractivity contribution is 6.31. The Kier molecular flexibility index (Phi) is 22.8. The van der Waals surface area contributed by atoms with Gasteiger partial charge in [-0.1, -0.05) is 39.3 Å². The number of nitrogens with zero attached hydrogens (tertiary/aromatic N) is 4. The van der Waals surface area contributed by atoms with Crippen LogP contribution in [0, 0.1) is 13.8 Å². The van der Waals surface area contributed by atoms with Gasteiger partial charge in [-0.2, -0.15) is 4.98 Å². The van der Waals surface area contributed by atoms with Crippen LogP contribution in [-0.2, 0) is 0 Å². The van der Waals surface area contributed by atoms with Gasteiger partial charge in [-0.25, -0.2) is 15.0 Å². The highest BCUT2D eigenvalue weighted by atomic mass is 35.5. The van der Waals surface area contributed by atoms with Crippen molar-refractivity contribution in [1.29, 1.82) is 0 Å². The molecule has 0 saturated heterocycles. The molecule has 0 aliphatic heterocycles. The summed E-state index contributed by atoms with van der Waals surface area (Å²) in [6.45, 7) is 13.6. The van der Waals surface area contributed by atoms with E-state index in [1.54, 1.807) is 13.0 Å². The smallest absolute Gasteiger partial charge is 0.319 e. The maximum absolute atomic E-state index is 7.88. The molecule has 2 aromatic heterocycles. The zero-order valence-corrected chi connectivity index (χ0v) is 21.6. The van der Waals surface area contributed by atoms with E-state index in [9.17, 15) is 0 Å². The Morgan fingerprint density at radius 1 is 0.719 bits per heavy atom. The molecule has 0 unspecified atom stereocenters. The van der Waals surface area contributed by atoms with Gasteiger partial charge in [0.2, 0.25) is 11.2 Å². The molecule has 2 rings (SSSR count). The number of hydrogen-bond donors (Lipinski definition) is 2. The SMILES string of the molecule is CCCO.CCCO.CCCOc1cc(C)nc(OCCC)n1.Cc1cc(Cl)nc(Cl)n1. The molecule has 0 bridgehead atoms. The third-order valence-electron chi connectivity index (χ3n) is 2.94. The van der Waals surface area contributed by atoms with Gasteiger partial charge in [0.25, 0.3) is 0 Å². The third-order valence-corrected chi connectivity index (χ3v) is 3.31. The van der Waals surface area contributed by atoms with E-state index in [2.05, 4.69) is 26.9 Å². The van der Waals surface area contributed by atoms with E-state index in [0.717, 1.165) is 37.1 Å². The highest BCUT2D eigenvalue weighted by Crippen LogP contribution is 2.13. The summed E-state index contributed by atoms with van der Waals surface area (Å²) in [5.74, 6) is 0.593. The zero-order chi connectivity index (χ0) is 24.8. The molecule has 32 heavy (non-hydrogen) atoms. The summed E-state index contributed by atoms with van der Waals surface area (Å²) in [7, 11) is 0. The van der Waals surface area contributed by atoms with Gasteiger partial charge >= 0.3 is 6.01 Å². The first-order chi connectivity index (χ1) is 15.3. The van der Waals surface area contributed by atoms with Crippen LogP contribution in [0.4, 0.5) is 0 Å². The van der Waals surface area contributed by atoms with E-state index in [0.29, 0.717) is 43.5 Å². The Morgan fingerprint density at radius 3 is 1.66 bits per heavy atom. The summed E-state index contributed by atoms with van der Waals surface area (Å²) in [5, 5.41) is 16.3. The molecule has 0 aromatic carbocycles. The lowest BCUT2D eigenvalue weighted by Crippen LogP contribution is -2.04. The van der Waals surface area contributed by atoms with E-state index in [4.69, 9.17) is 42.9 Å². The van der Waals surface area contributed by atoms with Crippen molar-refractivity contribution in [3.63, 3.8) is 0 Å². The predicted octanol–water partition coefficient (Wildman–Crippen LogP) is 5.23. The summed E-state index contributed by atoms with van der Waals surface area (Å²) in [6, 6.07) is 3.87. The van der Waals surface area contributed by atoms with Crippen molar-refractivity contribution in [2.45, 2.75) is 67.2 Å². The quantitative estimate of drug-likeness (QED) is 0.380. The fraction of sp³-hybridized carbons (Fsp3) is 0.636. The minimum atomic E-state index is 0.194. The number of aliphatic hydroxyl groups is 2. The van der Waals surface area contributed by atoms with Crippen LogP contribution in [0.3, 0.4) is 0 Å².